The zero-order valence-corrected chi connectivity index (χ0v) is 8.98. The van der Waals surface area contributed by atoms with Crippen LogP contribution in [0.5, 0.6) is 0 Å². The molecule has 0 aliphatic heterocycles. The lowest BCUT2D eigenvalue weighted by Crippen LogP contribution is -2.04. The van der Waals surface area contributed by atoms with Crippen molar-refractivity contribution in [2.45, 2.75) is 32.7 Å². The van der Waals surface area contributed by atoms with Crippen molar-refractivity contribution in [3.8, 4) is 0 Å². The number of rotatable bonds is 4. The normalized spacial score (nSPS) is 25.7. The van der Waals surface area contributed by atoms with Gasteiger partial charge >= 0.3 is 0 Å². The van der Waals surface area contributed by atoms with Gasteiger partial charge in [0.2, 0.25) is 0 Å². The standard InChI is InChI=1S/C11H19N3/c1-8(2)6-14-7-10(5-13-14)11-3-9(11)4-12/h5,7-9,11H,3-4,6,12H2,1-2H3/t9-,11+/m0/s1. The topological polar surface area (TPSA) is 43.8 Å². The zero-order chi connectivity index (χ0) is 10.1. The van der Waals surface area contributed by atoms with Gasteiger partial charge in [-0.1, -0.05) is 13.8 Å². The summed E-state index contributed by atoms with van der Waals surface area (Å²) in [5.74, 6) is 2.07. The van der Waals surface area contributed by atoms with Crippen LogP contribution in [0, 0.1) is 11.8 Å². The fourth-order valence-electron chi connectivity index (χ4n) is 1.96. The number of hydrogen-bond acceptors (Lipinski definition) is 2. The van der Waals surface area contributed by atoms with E-state index >= 15 is 0 Å². The lowest BCUT2D eigenvalue weighted by molar-refractivity contribution is 0.483. The van der Waals surface area contributed by atoms with E-state index in [1.54, 1.807) is 0 Å². The van der Waals surface area contributed by atoms with Crippen molar-refractivity contribution < 1.29 is 0 Å². The van der Waals surface area contributed by atoms with Gasteiger partial charge in [-0.05, 0) is 36.3 Å². The van der Waals surface area contributed by atoms with E-state index in [9.17, 15) is 0 Å². The van der Waals surface area contributed by atoms with E-state index in [2.05, 4.69) is 25.1 Å². The quantitative estimate of drug-likeness (QED) is 0.789. The highest BCUT2D eigenvalue weighted by Gasteiger charge is 2.37. The van der Waals surface area contributed by atoms with Crippen LogP contribution < -0.4 is 5.73 Å². The zero-order valence-electron chi connectivity index (χ0n) is 8.98. The van der Waals surface area contributed by atoms with Crippen LogP contribution in [0.15, 0.2) is 12.4 Å². The van der Waals surface area contributed by atoms with Gasteiger partial charge in [-0.15, -0.1) is 0 Å². The third-order valence-corrected chi connectivity index (χ3v) is 2.86. The first-order valence-electron chi connectivity index (χ1n) is 5.43. The fraction of sp³-hybridized carbons (Fsp3) is 0.727. The Morgan fingerprint density at radius 2 is 2.43 bits per heavy atom. The van der Waals surface area contributed by atoms with Gasteiger partial charge in [0.15, 0.2) is 0 Å². The van der Waals surface area contributed by atoms with Crippen molar-refractivity contribution in [1.29, 1.82) is 0 Å². The summed E-state index contributed by atoms with van der Waals surface area (Å²) in [6.45, 7) is 6.25. The van der Waals surface area contributed by atoms with E-state index in [1.165, 1.54) is 12.0 Å². The van der Waals surface area contributed by atoms with Gasteiger partial charge in [0.1, 0.15) is 0 Å². The van der Waals surface area contributed by atoms with Crippen molar-refractivity contribution in [2.75, 3.05) is 6.54 Å². The largest absolute Gasteiger partial charge is 0.330 e. The van der Waals surface area contributed by atoms with Gasteiger partial charge in [0.25, 0.3) is 0 Å². The van der Waals surface area contributed by atoms with Gasteiger partial charge in [-0.2, -0.15) is 5.10 Å². The average Bonchev–Trinajstić information content (AvgIpc) is 2.79. The van der Waals surface area contributed by atoms with Gasteiger partial charge in [-0.25, -0.2) is 0 Å². The summed E-state index contributed by atoms with van der Waals surface area (Å²) in [5, 5.41) is 4.36. The molecule has 78 valence electrons. The highest BCUT2D eigenvalue weighted by atomic mass is 15.3. The molecule has 2 rings (SSSR count). The van der Waals surface area contributed by atoms with Crippen LogP contribution >= 0.6 is 0 Å². The molecule has 0 spiro atoms. The molecule has 2 atom stereocenters. The molecule has 0 bridgehead atoms. The molecule has 0 aromatic carbocycles. The summed E-state index contributed by atoms with van der Waals surface area (Å²) >= 11 is 0. The van der Waals surface area contributed by atoms with E-state index < -0.39 is 0 Å². The molecule has 2 N–H and O–H groups in total. The lowest BCUT2D eigenvalue weighted by atomic mass is 10.2. The molecule has 3 nitrogen and oxygen atoms in total. The van der Waals surface area contributed by atoms with E-state index in [4.69, 9.17) is 5.73 Å². The van der Waals surface area contributed by atoms with Gasteiger partial charge in [0, 0.05) is 12.7 Å². The molecule has 0 unspecified atom stereocenters. The van der Waals surface area contributed by atoms with E-state index in [0.29, 0.717) is 17.8 Å². The van der Waals surface area contributed by atoms with Crippen molar-refractivity contribution in [3.63, 3.8) is 0 Å². The Bertz CT molecular complexity index is 303. The van der Waals surface area contributed by atoms with E-state index in [0.717, 1.165) is 13.1 Å². The Kier molecular flexibility index (Phi) is 2.59. The Balaban J connectivity index is 1.97. The van der Waals surface area contributed by atoms with E-state index in [1.807, 2.05) is 10.9 Å². The molecule has 0 amide bonds. The number of aromatic nitrogens is 2. The van der Waals surface area contributed by atoms with Crippen LogP contribution in [0.25, 0.3) is 0 Å². The van der Waals surface area contributed by atoms with Crippen molar-refractivity contribution >= 4 is 0 Å². The summed E-state index contributed by atoms with van der Waals surface area (Å²) in [4.78, 5) is 0. The first-order valence-corrected chi connectivity index (χ1v) is 5.43. The maximum Gasteiger partial charge on any atom is 0.0524 e. The predicted molar refractivity (Wildman–Crippen MR) is 57.0 cm³/mol. The molecule has 3 heteroatoms. The lowest BCUT2D eigenvalue weighted by Gasteiger charge is -2.03. The second-order valence-corrected chi connectivity index (χ2v) is 4.73. The molecule has 1 heterocycles. The van der Waals surface area contributed by atoms with Gasteiger partial charge in [-0.3, -0.25) is 4.68 Å². The molecule has 1 aliphatic carbocycles. The molecular weight excluding hydrogens is 174 g/mol. The predicted octanol–water partition coefficient (Wildman–Crippen LogP) is 1.60. The van der Waals surface area contributed by atoms with Crippen LogP contribution in [0.3, 0.4) is 0 Å². The second-order valence-electron chi connectivity index (χ2n) is 4.73. The summed E-state index contributed by atoms with van der Waals surface area (Å²) in [6, 6.07) is 0. The molecular formula is C11H19N3. The number of nitrogens with two attached hydrogens (primary N) is 1. The summed E-state index contributed by atoms with van der Waals surface area (Å²) in [6.07, 6.45) is 5.44. The van der Waals surface area contributed by atoms with Crippen LogP contribution in [0.4, 0.5) is 0 Å². The Morgan fingerprint density at radius 1 is 1.64 bits per heavy atom. The van der Waals surface area contributed by atoms with Crippen molar-refractivity contribution in [3.05, 3.63) is 18.0 Å². The molecule has 1 saturated carbocycles. The molecule has 0 radical (unpaired) electrons. The van der Waals surface area contributed by atoms with Crippen LogP contribution in [0.1, 0.15) is 31.7 Å². The monoisotopic (exact) mass is 193 g/mol. The van der Waals surface area contributed by atoms with E-state index in [-0.39, 0.29) is 0 Å². The van der Waals surface area contributed by atoms with Crippen molar-refractivity contribution in [2.24, 2.45) is 17.6 Å². The SMILES string of the molecule is CC(C)Cn1cc([C@@H]2C[C@H]2CN)cn1. The molecule has 14 heavy (non-hydrogen) atoms. The minimum Gasteiger partial charge on any atom is -0.330 e. The Morgan fingerprint density at radius 3 is 3.00 bits per heavy atom. The van der Waals surface area contributed by atoms with Gasteiger partial charge < -0.3 is 5.73 Å². The second kappa shape index (κ2) is 3.73. The number of hydrogen-bond donors (Lipinski definition) is 1. The average molecular weight is 193 g/mol. The maximum atomic E-state index is 5.62. The first kappa shape index (κ1) is 9.71. The van der Waals surface area contributed by atoms with Gasteiger partial charge in [0.05, 0.1) is 6.20 Å². The molecule has 1 fully saturated rings. The third kappa shape index (κ3) is 1.98. The maximum absolute atomic E-state index is 5.62. The minimum atomic E-state index is 0.659. The molecule has 1 aliphatic rings. The molecule has 0 saturated heterocycles. The summed E-state index contributed by atoms with van der Waals surface area (Å²) in [5.41, 5.74) is 7.00. The van der Waals surface area contributed by atoms with Crippen molar-refractivity contribution in [1.82, 2.24) is 9.78 Å². The Hall–Kier alpha value is -0.830. The highest BCUT2D eigenvalue weighted by Crippen LogP contribution is 2.46. The van der Waals surface area contributed by atoms with Crippen LogP contribution in [-0.2, 0) is 6.54 Å². The van der Waals surface area contributed by atoms with Crippen LogP contribution in [-0.4, -0.2) is 16.3 Å². The first-order chi connectivity index (χ1) is 6.70. The summed E-state index contributed by atoms with van der Waals surface area (Å²) in [7, 11) is 0. The fourth-order valence-corrected chi connectivity index (χ4v) is 1.96. The number of nitrogens with zero attached hydrogens (tertiary/aromatic N) is 2. The highest BCUT2D eigenvalue weighted by molar-refractivity contribution is 5.20. The molecule has 1 aromatic rings. The Labute approximate surface area is 85.3 Å². The smallest absolute Gasteiger partial charge is 0.0524 e. The van der Waals surface area contributed by atoms with Crippen LogP contribution in [0.2, 0.25) is 0 Å². The minimum absolute atomic E-state index is 0.659. The third-order valence-electron chi connectivity index (χ3n) is 2.86. The molecule has 1 aromatic heterocycles. The summed E-state index contributed by atoms with van der Waals surface area (Å²) < 4.78 is 2.05.